The van der Waals surface area contributed by atoms with Crippen LogP contribution in [0.3, 0.4) is 0 Å². The molecule has 0 saturated carbocycles. The largest absolute Gasteiger partial charge is 0.478 e. The van der Waals surface area contributed by atoms with Crippen molar-refractivity contribution in [1.29, 1.82) is 0 Å². The van der Waals surface area contributed by atoms with Crippen LogP contribution in [0.1, 0.15) is 24.2 Å². The van der Waals surface area contributed by atoms with Crippen molar-refractivity contribution in [1.82, 2.24) is 0 Å². The minimum atomic E-state index is -0.969. The van der Waals surface area contributed by atoms with Gasteiger partial charge in [0.25, 0.3) is 0 Å². The van der Waals surface area contributed by atoms with Gasteiger partial charge in [0, 0.05) is 17.1 Å². The summed E-state index contributed by atoms with van der Waals surface area (Å²) < 4.78 is 0.814. The van der Waals surface area contributed by atoms with Crippen molar-refractivity contribution in [3.05, 3.63) is 28.2 Å². The van der Waals surface area contributed by atoms with E-state index in [1.165, 1.54) is 0 Å². The number of halogens is 1. The Bertz CT molecular complexity index is 409. The minimum absolute atomic E-state index is 0.00704. The normalized spacial score (nSPS) is 14.1. The highest BCUT2D eigenvalue weighted by Crippen LogP contribution is 2.23. The van der Waals surface area contributed by atoms with Gasteiger partial charge < -0.3 is 15.5 Å². The lowest BCUT2D eigenvalue weighted by Crippen LogP contribution is -2.27. The zero-order valence-corrected chi connectivity index (χ0v) is 11.4. The van der Waals surface area contributed by atoms with Crippen molar-refractivity contribution < 1.29 is 15.0 Å². The van der Waals surface area contributed by atoms with E-state index in [2.05, 4.69) is 21.2 Å². The van der Waals surface area contributed by atoms with Crippen LogP contribution in [0.15, 0.2) is 22.7 Å². The Balaban J connectivity index is 2.96. The minimum Gasteiger partial charge on any atom is -0.478 e. The molecule has 2 unspecified atom stereocenters. The van der Waals surface area contributed by atoms with E-state index in [1.54, 1.807) is 18.2 Å². The van der Waals surface area contributed by atoms with Crippen LogP contribution < -0.4 is 5.32 Å². The number of carbonyl (C=O) groups is 1. The Morgan fingerprint density at radius 3 is 2.65 bits per heavy atom. The molecule has 1 aromatic rings. The molecule has 0 bridgehead atoms. The highest BCUT2D eigenvalue weighted by atomic mass is 79.9. The van der Waals surface area contributed by atoms with Crippen LogP contribution >= 0.6 is 15.9 Å². The maximum atomic E-state index is 11.0. The molecule has 0 aliphatic carbocycles. The van der Waals surface area contributed by atoms with Gasteiger partial charge in [-0.2, -0.15) is 0 Å². The standard InChI is InChI=1S/C12H16BrNO3/c1-7(6-15)8(2)14-11-5-9(13)3-4-10(11)12(16)17/h3-5,7-8,14-15H,6H2,1-2H3,(H,16,17). The Labute approximate surface area is 109 Å². The highest BCUT2D eigenvalue weighted by molar-refractivity contribution is 9.10. The molecular weight excluding hydrogens is 286 g/mol. The van der Waals surface area contributed by atoms with E-state index in [0.717, 1.165) is 4.47 Å². The quantitative estimate of drug-likeness (QED) is 0.782. The van der Waals surface area contributed by atoms with Crippen molar-refractivity contribution in [3.63, 3.8) is 0 Å². The average molecular weight is 302 g/mol. The Hall–Kier alpha value is -1.07. The number of anilines is 1. The predicted molar refractivity (Wildman–Crippen MR) is 70.4 cm³/mol. The van der Waals surface area contributed by atoms with Crippen LogP contribution in [0.2, 0.25) is 0 Å². The molecule has 0 fully saturated rings. The number of rotatable bonds is 5. The van der Waals surface area contributed by atoms with Crippen LogP contribution in [0.4, 0.5) is 5.69 Å². The third-order valence-electron chi connectivity index (χ3n) is 2.74. The summed E-state index contributed by atoms with van der Waals surface area (Å²) in [5, 5.41) is 21.2. The molecule has 0 aliphatic rings. The van der Waals surface area contributed by atoms with E-state index >= 15 is 0 Å². The molecule has 4 nitrogen and oxygen atoms in total. The van der Waals surface area contributed by atoms with Crippen molar-refractivity contribution >= 4 is 27.6 Å². The summed E-state index contributed by atoms with van der Waals surface area (Å²) in [5.74, 6) is -0.917. The third-order valence-corrected chi connectivity index (χ3v) is 3.23. The maximum absolute atomic E-state index is 11.0. The number of aliphatic hydroxyl groups excluding tert-OH is 1. The second kappa shape index (κ2) is 6.02. The molecule has 0 saturated heterocycles. The number of hydrogen-bond donors (Lipinski definition) is 3. The fourth-order valence-electron chi connectivity index (χ4n) is 1.37. The summed E-state index contributed by atoms with van der Waals surface area (Å²) in [6, 6.07) is 4.96. The molecule has 5 heteroatoms. The second-order valence-electron chi connectivity index (χ2n) is 4.09. The second-order valence-corrected chi connectivity index (χ2v) is 5.00. The third kappa shape index (κ3) is 3.71. The van der Waals surface area contributed by atoms with E-state index in [-0.39, 0.29) is 24.1 Å². The van der Waals surface area contributed by atoms with E-state index < -0.39 is 5.97 Å². The number of carboxylic acid groups (broad SMARTS) is 1. The lowest BCUT2D eigenvalue weighted by Gasteiger charge is -2.21. The number of nitrogens with one attached hydrogen (secondary N) is 1. The zero-order chi connectivity index (χ0) is 13.0. The molecular formula is C12H16BrNO3. The maximum Gasteiger partial charge on any atom is 0.337 e. The topological polar surface area (TPSA) is 69.6 Å². The molecule has 1 rings (SSSR count). The predicted octanol–water partition coefficient (Wildman–Crippen LogP) is 2.58. The first-order valence-electron chi connectivity index (χ1n) is 5.36. The molecule has 2 atom stereocenters. The van der Waals surface area contributed by atoms with Gasteiger partial charge in [0.05, 0.1) is 11.3 Å². The number of hydrogen-bond acceptors (Lipinski definition) is 3. The summed E-state index contributed by atoms with van der Waals surface area (Å²) >= 11 is 3.31. The van der Waals surface area contributed by atoms with Gasteiger partial charge in [-0.25, -0.2) is 4.79 Å². The van der Waals surface area contributed by atoms with Gasteiger partial charge in [0.1, 0.15) is 0 Å². The summed E-state index contributed by atoms with van der Waals surface area (Å²) in [4.78, 5) is 11.0. The van der Waals surface area contributed by atoms with Gasteiger partial charge in [0.2, 0.25) is 0 Å². The number of carboxylic acids is 1. The van der Waals surface area contributed by atoms with Gasteiger partial charge in [-0.1, -0.05) is 22.9 Å². The lowest BCUT2D eigenvalue weighted by atomic mass is 10.0. The van der Waals surface area contributed by atoms with Crippen LogP contribution in [-0.4, -0.2) is 28.8 Å². The van der Waals surface area contributed by atoms with Gasteiger partial charge in [-0.05, 0) is 31.0 Å². The molecule has 0 radical (unpaired) electrons. The monoisotopic (exact) mass is 301 g/mol. The van der Waals surface area contributed by atoms with E-state index in [9.17, 15) is 4.79 Å². The molecule has 17 heavy (non-hydrogen) atoms. The van der Waals surface area contributed by atoms with E-state index in [0.29, 0.717) is 5.69 Å². The number of benzene rings is 1. The van der Waals surface area contributed by atoms with Crippen molar-refractivity contribution in [3.8, 4) is 0 Å². The molecule has 0 spiro atoms. The average Bonchev–Trinajstić information content (AvgIpc) is 2.27. The van der Waals surface area contributed by atoms with E-state index in [1.807, 2.05) is 13.8 Å². The number of aromatic carboxylic acids is 1. The number of aliphatic hydroxyl groups is 1. The molecule has 1 aromatic carbocycles. The fourth-order valence-corrected chi connectivity index (χ4v) is 1.73. The van der Waals surface area contributed by atoms with E-state index in [4.69, 9.17) is 10.2 Å². The summed E-state index contributed by atoms with van der Waals surface area (Å²) in [6.45, 7) is 3.87. The smallest absolute Gasteiger partial charge is 0.337 e. The Morgan fingerprint density at radius 2 is 2.12 bits per heavy atom. The zero-order valence-electron chi connectivity index (χ0n) is 9.77. The highest BCUT2D eigenvalue weighted by Gasteiger charge is 2.15. The van der Waals surface area contributed by atoms with Gasteiger partial charge in [-0.15, -0.1) is 0 Å². The van der Waals surface area contributed by atoms with Crippen LogP contribution in [0, 0.1) is 5.92 Å². The van der Waals surface area contributed by atoms with Gasteiger partial charge >= 0.3 is 5.97 Å². The molecule has 3 N–H and O–H groups in total. The summed E-state index contributed by atoms with van der Waals surface area (Å²) in [7, 11) is 0. The van der Waals surface area contributed by atoms with Crippen molar-refractivity contribution in [2.45, 2.75) is 19.9 Å². The SMILES string of the molecule is CC(CO)C(C)Nc1cc(Br)ccc1C(=O)O. The molecule has 0 aromatic heterocycles. The summed E-state index contributed by atoms with van der Waals surface area (Å²) in [5.41, 5.74) is 0.782. The summed E-state index contributed by atoms with van der Waals surface area (Å²) in [6.07, 6.45) is 0. The van der Waals surface area contributed by atoms with Crippen LogP contribution in [-0.2, 0) is 0 Å². The first-order chi connectivity index (χ1) is 7.95. The van der Waals surface area contributed by atoms with Gasteiger partial charge in [0.15, 0.2) is 0 Å². The lowest BCUT2D eigenvalue weighted by molar-refractivity contribution is 0.0698. The molecule has 0 amide bonds. The molecule has 0 aliphatic heterocycles. The van der Waals surface area contributed by atoms with Gasteiger partial charge in [-0.3, -0.25) is 0 Å². The first kappa shape index (κ1) is 14.0. The van der Waals surface area contributed by atoms with Crippen molar-refractivity contribution in [2.24, 2.45) is 5.92 Å². The molecule has 0 heterocycles. The van der Waals surface area contributed by atoms with Crippen molar-refractivity contribution in [2.75, 3.05) is 11.9 Å². The fraction of sp³-hybridized carbons (Fsp3) is 0.417. The van der Waals surface area contributed by atoms with Crippen LogP contribution in [0.25, 0.3) is 0 Å². The Kier molecular flexibility index (Phi) is 4.96. The van der Waals surface area contributed by atoms with Crippen LogP contribution in [0.5, 0.6) is 0 Å². The Morgan fingerprint density at radius 1 is 1.47 bits per heavy atom. The molecule has 94 valence electrons. The first-order valence-corrected chi connectivity index (χ1v) is 6.15.